The number of hydrogen-bond acceptors (Lipinski definition) is 0. The number of rotatable bonds is 10. The van der Waals surface area contributed by atoms with Crippen LogP contribution in [-0.4, -0.2) is 5.33 Å². The second kappa shape index (κ2) is 11.3. The van der Waals surface area contributed by atoms with E-state index in [2.05, 4.69) is 62.8 Å². The molecular formula is C16H24BrI. The lowest BCUT2D eigenvalue weighted by Crippen LogP contribution is -1.87. The Morgan fingerprint density at radius 1 is 0.722 bits per heavy atom. The fourth-order valence-electron chi connectivity index (χ4n) is 2.14. The highest BCUT2D eigenvalue weighted by atomic mass is 127. The molecule has 1 aromatic carbocycles. The first-order valence-electron chi connectivity index (χ1n) is 7.13. The van der Waals surface area contributed by atoms with E-state index in [0.717, 1.165) is 0 Å². The Morgan fingerprint density at radius 2 is 1.22 bits per heavy atom. The Bertz CT molecular complexity index is 294. The highest BCUT2D eigenvalue weighted by Crippen LogP contribution is 2.13. The summed E-state index contributed by atoms with van der Waals surface area (Å²) in [5, 5.41) is 1.17. The fourth-order valence-corrected chi connectivity index (χ4v) is 2.89. The van der Waals surface area contributed by atoms with Gasteiger partial charge in [0.05, 0.1) is 0 Å². The van der Waals surface area contributed by atoms with Crippen LogP contribution in [0.5, 0.6) is 0 Å². The lowest BCUT2D eigenvalue weighted by molar-refractivity contribution is 0.577. The van der Waals surface area contributed by atoms with Crippen LogP contribution in [0.3, 0.4) is 0 Å². The Morgan fingerprint density at radius 3 is 1.78 bits per heavy atom. The third-order valence-corrected chi connectivity index (χ3v) is 4.54. The summed E-state index contributed by atoms with van der Waals surface area (Å²) in [6, 6.07) is 8.95. The molecule has 0 unspecified atom stereocenters. The van der Waals surface area contributed by atoms with E-state index >= 15 is 0 Å². The van der Waals surface area contributed by atoms with Gasteiger partial charge in [-0.25, -0.2) is 0 Å². The third kappa shape index (κ3) is 8.52. The summed E-state index contributed by atoms with van der Waals surface area (Å²) in [6.45, 7) is 0. The average Bonchev–Trinajstić information content (AvgIpc) is 2.39. The average molecular weight is 423 g/mol. The molecule has 0 saturated carbocycles. The molecule has 102 valence electrons. The van der Waals surface area contributed by atoms with Crippen LogP contribution in [0.2, 0.25) is 0 Å². The van der Waals surface area contributed by atoms with Gasteiger partial charge in [-0.3, -0.25) is 0 Å². The minimum Gasteiger partial charge on any atom is -0.0928 e. The zero-order valence-electron chi connectivity index (χ0n) is 11.1. The van der Waals surface area contributed by atoms with E-state index in [-0.39, 0.29) is 0 Å². The Hall–Kier alpha value is 0.430. The van der Waals surface area contributed by atoms with Gasteiger partial charge in [0.15, 0.2) is 0 Å². The zero-order valence-corrected chi connectivity index (χ0v) is 14.9. The van der Waals surface area contributed by atoms with Crippen molar-refractivity contribution < 1.29 is 0 Å². The van der Waals surface area contributed by atoms with Crippen LogP contribution in [0.15, 0.2) is 24.3 Å². The SMILES string of the molecule is BrCCCCCCCCCCc1ccc(I)cc1. The predicted octanol–water partition coefficient (Wildman–Crippen LogP) is 6.35. The lowest BCUT2D eigenvalue weighted by atomic mass is 10.0. The summed E-state index contributed by atoms with van der Waals surface area (Å²) < 4.78 is 1.33. The number of aryl methyl sites for hydroxylation is 1. The molecule has 0 fully saturated rings. The second-order valence-corrected chi connectivity index (χ2v) is 6.93. The molecule has 0 heterocycles. The maximum absolute atomic E-state index is 3.48. The highest BCUT2D eigenvalue weighted by Gasteiger charge is 1.95. The first-order chi connectivity index (χ1) is 8.83. The van der Waals surface area contributed by atoms with E-state index in [0.29, 0.717) is 0 Å². The topological polar surface area (TPSA) is 0 Å². The molecule has 0 N–H and O–H groups in total. The molecule has 0 radical (unpaired) electrons. The Kier molecular flexibility index (Phi) is 10.3. The van der Waals surface area contributed by atoms with Crippen molar-refractivity contribution in [3.8, 4) is 0 Å². The van der Waals surface area contributed by atoms with Crippen molar-refractivity contribution in [1.82, 2.24) is 0 Å². The number of unbranched alkanes of at least 4 members (excludes halogenated alkanes) is 7. The third-order valence-electron chi connectivity index (χ3n) is 3.26. The van der Waals surface area contributed by atoms with E-state index in [1.165, 1.54) is 72.3 Å². The largest absolute Gasteiger partial charge is 0.0928 e. The Labute approximate surface area is 134 Å². The van der Waals surface area contributed by atoms with Crippen molar-refractivity contribution in [2.75, 3.05) is 5.33 Å². The summed E-state index contributed by atoms with van der Waals surface area (Å²) in [7, 11) is 0. The standard InChI is InChI=1S/C16H24BrI/c17-14-8-6-4-2-1-3-5-7-9-15-10-12-16(18)13-11-15/h10-13H,1-9,14H2. The molecule has 0 aliphatic carbocycles. The highest BCUT2D eigenvalue weighted by molar-refractivity contribution is 14.1. The fraction of sp³-hybridized carbons (Fsp3) is 0.625. The van der Waals surface area contributed by atoms with E-state index in [1.54, 1.807) is 0 Å². The minimum atomic E-state index is 1.17. The summed E-state index contributed by atoms with van der Waals surface area (Å²) >= 11 is 5.84. The van der Waals surface area contributed by atoms with Crippen LogP contribution in [0.25, 0.3) is 0 Å². The van der Waals surface area contributed by atoms with Gasteiger partial charge in [-0.05, 0) is 59.5 Å². The van der Waals surface area contributed by atoms with Crippen molar-refractivity contribution in [2.45, 2.75) is 57.8 Å². The molecule has 0 spiro atoms. The molecule has 18 heavy (non-hydrogen) atoms. The van der Waals surface area contributed by atoms with Gasteiger partial charge < -0.3 is 0 Å². The van der Waals surface area contributed by atoms with Crippen molar-refractivity contribution in [3.63, 3.8) is 0 Å². The van der Waals surface area contributed by atoms with Gasteiger partial charge in [0, 0.05) is 8.90 Å². The molecule has 0 aromatic heterocycles. The smallest absolute Gasteiger partial charge is 0.0130 e. The van der Waals surface area contributed by atoms with E-state index in [1.807, 2.05) is 0 Å². The maximum atomic E-state index is 3.48. The number of halogens is 2. The molecule has 0 bridgehead atoms. The van der Waals surface area contributed by atoms with Crippen LogP contribution < -0.4 is 0 Å². The Balaban J connectivity index is 1.91. The van der Waals surface area contributed by atoms with Crippen LogP contribution in [0.4, 0.5) is 0 Å². The molecule has 0 aliphatic rings. The molecule has 0 aliphatic heterocycles. The first-order valence-corrected chi connectivity index (χ1v) is 9.33. The molecule has 1 aromatic rings. The number of hydrogen-bond donors (Lipinski definition) is 0. The lowest BCUT2D eigenvalue weighted by Gasteiger charge is -2.03. The van der Waals surface area contributed by atoms with Gasteiger partial charge in [-0.15, -0.1) is 0 Å². The van der Waals surface area contributed by atoms with Crippen LogP contribution >= 0.6 is 38.5 Å². The summed E-state index contributed by atoms with van der Waals surface area (Å²) in [4.78, 5) is 0. The van der Waals surface area contributed by atoms with Crippen LogP contribution in [-0.2, 0) is 6.42 Å². The number of alkyl halides is 1. The van der Waals surface area contributed by atoms with Crippen LogP contribution in [0.1, 0.15) is 56.9 Å². The predicted molar refractivity (Wildman–Crippen MR) is 93.6 cm³/mol. The van der Waals surface area contributed by atoms with Gasteiger partial charge in [0.2, 0.25) is 0 Å². The van der Waals surface area contributed by atoms with Gasteiger partial charge in [-0.1, -0.05) is 66.6 Å². The van der Waals surface area contributed by atoms with Gasteiger partial charge in [0.1, 0.15) is 0 Å². The quantitative estimate of drug-likeness (QED) is 0.234. The minimum absolute atomic E-state index is 1.17. The summed E-state index contributed by atoms with van der Waals surface area (Å²) in [6.07, 6.45) is 12.4. The normalized spacial score (nSPS) is 10.8. The van der Waals surface area contributed by atoms with E-state index < -0.39 is 0 Å². The molecule has 0 atom stereocenters. The zero-order chi connectivity index (χ0) is 13.1. The second-order valence-electron chi connectivity index (χ2n) is 4.89. The van der Waals surface area contributed by atoms with Crippen LogP contribution in [0, 0.1) is 3.57 Å². The van der Waals surface area contributed by atoms with Crippen molar-refractivity contribution in [2.24, 2.45) is 0 Å². The molecule has 0 nitrogen and oxygen atoms in total. The van der Waals surface area contributed by atoms with Gasteiger partial charge >= 0.3 is 0 Å². The van der Waals surface area contributed by atoms with E-state index in [4.69, 9.17) is 0 Å². The van der Waals surface area contributed by atoms with Crippen molar-refractivity contribution >= 4 is 38.5 Å². The summed E-state index contributed by atoms with van der Waals surface area (Å²) in [5.74, 6) is 0. The van der Waals surface area contributed by atoms with Crippen molar-refractivity contribution in [3.05, 3.63) is 33.4 Å². The maximum Gasteiger partial charge on any atom is 0.0130 e. The molecule has 0 saturated heterocycles. The molecule has 2 heteroatoms. The molecule has 1 rings (SSSR count). The monoisotopic (exact) mass is 422 g/mol. The van der Waals surface area contributed by atoms with Crippen molar-refractivity contribution in [1.29, 1.82) is 0 Å². The van der Waals surface area contributed by atoms with E-state index in [9.17, 15) is 0 Å². The first kappa shape index (κ1) is 16.5. The van der Waals surface area contributed by atoms with Gasteiger partial charge in [0.25, 0.3) is 0 Å². The van der Waals surface area contributed by atoms with Gasteiger partial charge in [-0.2, -0.15) is 0 Å². The summed E-state index contributed by atoms with van der Waals surface area (Å²) in [5.41, 5.74) is 1.49. The molecular weight excluding hydrogens is 399 g/mol. The number of benzene rings is 1. The molecule has 0 amide bonds.